The van der Waals surface area contributed by atoms with Crippen molar-refractivity contribution in [2.45, 2.75) is 32.1 Å². The first-order valence-electron chi connectivity index (χ1n) is 8.53. The monoisotopic (exact) mass is 365 g/mol. The third-order valence-electron chi connectivity index (χ3n) is 4.65. The predicted molar refractivity (Wildman–Crippen MR) is 100 cm³/mol. The normalized spacial score (nSPS) is 18.0. The SMILES string of the molecule is CN=C/C(=C\N)c1ccc(N2CCCC(F)(F)CC2)c(C(=O)OC)c1C. The molecule has 2 rings (SSSR count). The second kappa shape index (κ2) is 8.29. The van der Waals surface area contributed by atoms with E-state index in [1.54, 1.807) is 26.3 Å². The molecule has 1 fully saturated rings. The number of carbonyl (C=O) groups excluding carboxylic acids is 1. The van der Waals surface area contributed by atoms with Crippen LogP contribution in [0.25, 0.3) is 5.57 Å². The minimum absolute atomic E-state index is 0.138. The summed E-state index contributed by atoms with van der Waals surface area (Å²) in [6, 6.07) is 3.60. The smallest absolute Gasteiger partial charge is 0.340 e. The number of halogens is 2. The Morgan fingerprint density at radius 1 is 1.35 bits per heavy atom. The maximum atomic E-state index is 13.7. The molecule has 0 amide bonds. The Morgan fingerprint density at radius 2 is 2.08 bits per heavy atom. The van der Waals surface area contributed by atoms with Crippen molar-refractivity contribution >= 4 is 23.4 Å². The number of alkyl halides is 2. The molecular weight excluding hydrogens is 340 g/mol. The number of esters is 1. The van der Waals surface area contributed by atoms with Crippen LogP contribution in [0.5, 0.6) is 0 Å². The Bertz CT molecular complexity index is 730. The minimum atomic E-state index is -2.66. The molecule has 1 saturated heterocycles. The van der Waals surface area contributed by atoms with Gasteiger partial charge in [0.15, 0.2) is 0 Å². The number of nitrogens with two attached hydrogens (primary N) is 1. The van der Waals surface area contributed by atoms with E-state index in [4.69, 9.17) is 10.5 Å². The molecule has 7 heteroatoms. The molecule has 0 unspecified atom stereocenters. The molecule has 142 valence electrons. The van der Waals surface area contributed by atoms with Gasteiger partial charge < -0.3 is 15.4 Å². The molecule has 0 aliphatic carbocycles. The average Bonchev–Trinajstić information content (AvgIpc) is 2.79. The average molecular weight is 365 g/mol. The van der Waals surface area contributed by atoms with Crippen LogP contribution in [0.15, 0.2) is 23.3 Å². The summed E-state index contributed by atoms with van der Waals surface area (Å²) in [5.41, 5.74) is 8.78. The van der Waals surface area contributed by atoms with E-state index in [-0.39, 0.29) is 19.4 Å². The number of aliphatic imine (C=N–C) groups is 1. The van der Waals surface area contributed by atoms with Crippen LogP contribution in [0, 0.1) is 6.92 Å². The molecule has 0 aromatic heterocycles. The first kappa shape index (κ1) is 19.9. The quantitative estimate of drug-likeness (QED) is 0.656. The van der Waals surface area contributed by atoms with Gasteiger partial charge in [0.25, 0.3) is 0 Å². The summed E-state index contributed by atoms with van der Waals surface area (Å²) in [4.78, 5) is 18.3. The lowest BCUT2D eigenvalue weighted by Crippen LogP contribution is -2.28. The van der Waals surface area contributed by atoms with E-state index in [2.05, 4.69) is 4.99 Å². The molecule has 0 bridgehead atoms. The van der Waals surface area contributed by atoms with Gasteiger partial charge >= 0.3 is 5.97 Å². The molecule has 0 saturated carbocycles. The maximum absolute atomic E-state index is 13.7. The number of allylic oxidation sites excluding steroid dienone is 1. The van der Waals surface area contributed by atoms with E-state index >= 15 is 0 Å². The number of nitrogens with zero attached hydrogens (tertiary/aromatic N) is 2. The van der Waals surface area contributed by atoms with E-state index in [1.807, 2.05) is 11.0 Å². The van der Waals surface area contributed by atoms with Crippen LogP contribution in [-0.2, 0) is 4.74 Å². The van der Waals surface area contributed by atoms with E-state index < -0.39 is 11.9 Å². The highest BCUT2D eigenvalue weighted by molar-refractivity contribution is 6.11. The summed E-state index contributed by atoms with van der Waals surface area (Å²) < 4.78 is 32.4. The van der Waals surface area contributed by atoms with Crippen LogP contribution in [0.2, 0.25) is 0 Å². The van der Waals surface area contributed by atoms with Crippen molar-refractivity contribution in [1.82, 2.24) is 0 Å². The number of methoxy groups -OCH3 is 1. The number of benzene rings is 1. The van der Waals surface area contributed by atoms with Crippen molar-refractivity contribution in [3.05, 3.63) is 35.0 Å². The highest BCUT2D eigenvalue weighted by Gasteiger charge is 2.33. The summed E-state index contributed by atoms with van der Waals surface area (Å²) >= 11 is 0. The fourth-order valence-corrected chi connectivity index (χ4v) is 3.28. The fourth-order valence-electron chi connectivity index (χ4n) is 3.28. The van der Waals surface area contributed by atoms with Crippen molar-refractivity contribution in [3.63, 3.8) is 0 Å². The third kappa shape index (κ3) is 4.20. The second-order valence-electron chi connectivity index (χ2n) is 6.33. The van der Waals surface area contributed by atoms with Gasteiger partial charge in [0.2, 0.25) is 5.92 Å². The Labute approximate surface area is 152 Å². The van der Waals surface area contributed by atoms with Gasteiger partial charge in [-0.2, -0.15) is 0 Å². The molecular formula is C19H25F2N3O2. The molecule has 0 atom stereocenters. The molecule has 26 heavy (non-hydrogen) atoms. The largest absolute Gasteiger partial charge is 0.465 e. The number of rotatable bonds is 4. The summed E-state index contributed by atoms with van der Waals surface area (Å²) in [5.74, 6) is -3.16. The molecule has 0 spiro atoms. The van der Waals surface area contributed by atoms with Gasteiger partial charge in [-0.25, -0.2) is 13.6 Å². The Morgan fingerprint density at radius 3 is 2.69 bits per heavy atom. The van der Waals surface area contributed by atoms with Crippen molar-refractivity contribution in [2.75, 3.05) is 32.1 Å². The lowest BCUT2D eigenvalue weighted by atomic mass is 9.95. The molecule has 1 aliphatic rings. The van der Waals surface area contributed by atoms with Crippen LogP contribution in [0.1, 0.15) is 40.7 Å². The van der Waals surface area contributed by atoms with Gasteiger partial charge in [0, 0.05) is 51.0 Å². The zero-order valence-electron chi connectivity index (χ0n) is 15.4. The van der Waals surface area contributed by atoms with Gasteiger partial charge in [0.05, 0.1) is 18.4 Å². The fraction of sp³-hybridized carbons (Fsp3) is 0.474. The van der Waals surface area contributed by atoms with Crippen LogP contribution in [0.3, 0.4) is 0 Å². The zero-order valence-corrected chi connectivity index (χ0v) is 15.4. The Hall–Kier alpha value is -2.44. The number of ether oxygens (including phenoxy) is 1. The van der Waals surface area contributed by atoms with Gasteiger partial charge in [-0.1, -0.05) is 6.07 Å². The number of anilines is 1. The van der Waals surface area contributed by atoms with Crippen molar-refractivity contribution < 1.29 is 18.3 Å². The summed E-state index contributed by atoms with van der Waals surface area (Å²) in [5, 5.41) is 0. The molecule has 2 N–H and O–H groups in total. The first-order valence-corrected chi connectivity index (χ1v) is 8.53. The summed E-state index contributed by atoms with van der Waals surface area (Å²) in [6.45, 7) is 2.45. The standard InChI is InChI=1S/C19H25F2N3O2/c1-13-15(14(11-22)12-23-2)5-6-16(17(13)18(25)26-3)24-9-4-7-19(20,21)8-10-24/h5-6,11-12H,4,7-10,22H2,1-3H3/b14-11+,23-12?. The van der Waals surface area contributed by atoms with Crippen LogP contribution >= 0.6 is 0 Å². The van der Waals surface area contributed by atoms with Crippen LogP contribution < -0.4 is 10.6 Å². The van der Waals surface area contributed by atoms with Crippen molar-refractivity contribution in [2.24, 2.45) is 10.7 Å². The molecule has 5 nitrogen and oxygen atoms in total. The topological polar surface area (TPSA) is 67.9 Å². The number of carbonyl (C=O) groups is 1. The lowest BCUT2D eigenvalue weighted by Gasteiger charge is -2.26. The summed E-state index contributed by atoms with van der Waals surface area (Å²) in [6.07, 6.45) is 3.02. The zero-order chi connectivity index (χ0) is 19.3. The second-order valence-corrected chi connectivity index (χ2v) is 6.33. The number of hydrogen-bond donors (Lipinski definition) is 1. The van der Waals surface area contributed by atoms with Crippen molar-refractivity contribution in [1.29, 1.82) is 0 Å². The number of hydrogen-bond acceptors (Lipinski definition) is 5. The van der Waals surface area contributed by atoms with Gasteiger partial charge in [0.1, 0.15) is 0 Å². The Balaban J connectivity index is 2.53. The molecule has 1 heterocycles. The predicted octanol–water partition coefficient (Wildman–Crippen LogP) is 3.41. The van der Waals surface area contributed by atoms with Crippen LogP contribution in [-0.4, -0.2) is 45.4 Å². The van der Waals surface area contributed by atoms with Crippen LogP contribution in [0.4, 0.5) is 14.5 Å². The lowest BCUT2D eigenvalue weighted by molar-refractivity contribution is -0.0102. The summed E-state index contributed by atoms with van der Waals surface area (Å²) in [7, 11) is 2.94. The molecule has 1 aromatic rings. The maximum Gasteiger partial charge on any atom is 0.340 e. The molecule has 1 aromatic carbocycles. The van der Waals surface area contributed by atoms with Gasteiger partial charge in [-0.3, -0.25) is 4.99 Å². The van der Waals surface area contributed by atoms with E-state index in [9.17, 15) is 13.6 Å². The minimum Gasteiger partial charge on any atom is -0.465 e. The Kier molecular flexibility index (Phi) is 6.34. The molecule has 1 aliphatic heterocycles. The highest BCUT2D eigenvalue weighted by atomic mass is 19.3. The van der Waals surface area contributed by atoms with Gasteiger partial charge in [-0.15, -0.1) is 0 Å². The first-order chi connectivity index (χ1) is 12.3. The third-order valence-corrected chi connectivity index (χ3v) is 4.65. The van der Waals surface area contributed by atoms with Gasteiger partial charge in [-0.05, 0) is 30.5 Å². The van der Waals surface area contributed by atoms with E-state index in [1.165, 1.54) is 13.3 Å². The van der Waals surface area contributed by atoms with Crippen molar-refractivity contribution in [3.8, 4) is 0 Å². The molecule has 0 radical (unpaired) electrons. The van der Waals surface area contributed by atoms with E-state index in [0.29, 0.717) is 35.4 Å². The van der Waals surface area contributed by atoms with E-state index in [0.717, 1.165) is 5.56 Å². The highest BCUT2D eigenvalue weighted by Crippen LogP contribution is 2.34.